The first kappa shape index (κ1) is 17.7. The van der Waals surface area contributed by atoms with E-state index in [0.717, 1.165) is 0 Å². The molecule has 0 fully saturated rings. The van der Waals surface area contributed by atoms with Gasteiger partial charge in [0.25, 0.3) is 5.91 Å². The van der Waals surface area contributed by atoms with E-state index < -0.39 is 10.0 Å². The molecule has 0 atom stereocenters. The molecule has 0 aliphatic heterocycles. The van der Waals surface area contributed by atoms with E-state index in [1.807, 2.05) is 0 Å². The minimum absolute atomic E-state index is 0. The zero-order valence-corrected chi connectivity index (χ0v) is 12.2. The van der Waals surface area contributed by atoms with Crippen LogP contribution in [0.5, 0.6) is 0 Å². The maximum atomic E-state index is 11.7. The fraction of sp³-hybridized carbons (Fsp3) is 0.364. The zero-order valence-electron chi connectivity index (χ0n) is 10.5. The quantitative estimate of drug-likeness (QED) is 0.521. The van der Waals surface area contributed by atoms with Gasteiger partial charge in [0.05, 0.1) is 11.3 Å². The third-order valence-corrected chi connectivity index (χ3v) is 3.72. The van der Waals surface area contributed by atoms with E-state index >= 15 is 0 Å². The number of sulfonamides is 1. The third kappa shape index (κ3) is 5.91. The Balaban J connectivity index is 0.00000324. The summed E-state index contributed by atoms with van der Waals surface area (Å²) in [6.07, 6.45) is 0. The minimum atomic E-state index is -3.22. The lowest BCUT2D eigenvalue weighted by molar-refractivity contribution is 0.0955. The van der Waals surface area contributed by atoms with E-state index in [2.05, 4.69) is 10.0 Å². The van der Waals surface area contributed by atoms with Crippen LogP contribution in [0, 0.1) is 0 Å². The SMILES string of the molecule is CCS(=O)(=O)NCCNC(=O)c1ccccc1N.Cl. The summed E-state index contributed by atoms with van der Waals surface area (Å²) in [4.78, 5) is 11.7. The van der Waals surface area contributed by atoms with Gasteiger partial charge in [0.1, 0.15) is 0 Å². The van der Waals surface area contributed by atoms with E-state index in [9.17, 15) is 13.2 Å². The highest BCUT2D eigenvalue weighted by molar-refractivity contribution is 7.89. The van der Waals surface area contributed by atoms with E-state index in [1.165, 1.54) is 0 Å². The Morgan fingerprint density at radius 3 is 2.47 bits per heavy atom. The summed E-state index contributed by atoms with van der Waals surface area (Å²) in [6, 6.07) is 6.70. The van der Waals surface area contributed by atoms with Crippen molar-refractivity contribution in [1.82, 2.24) is 10.0 Å². The summed E-state index contributed by atoms with van der Waals surface area (Å²) in [6.45, 7) is 1.92. The Labute approximate surface area is 119 Å². The van der Waals surface area contributed by atoms with Gasteiger partial charge >= 0.3 is 0 Å². The molecule has 0 aliphatic carbocycles. The molecule has 1 aromatic carbocycles. The largest absolute Gasteiger partial charge is 0.398 e. The standard InChI is InChI=1S/C11H17N3O3S.ClH/c1-2-18(16,17)14-8-7-13-11(15)9-5-3-4-6-10(9)12;/h3-6,14H,2,7-8,12H2,1H3,(H,13,15);1H. The van der Waals surface area contributed by atoms with Crippen molar-refractivity contribution in [3.63, 3.8) is 0 Å². The van der Waals surface area contributed by atoms with Crippen molar-refractivity contribution in [2.45, 2.75) is 6.92 Å². The van der Waals surface area contributed by atoms with Crippen molar-refractivity contribution in [2.75, 3.05) is 24.6 Å². The van der Waals surface area contributed by atoms with E-state index in [-0.39, 0.29) is 37.2 Å². The van der Waals surface area contributed by atoms with Gasteiger partial charge in [0.2, 0.25) is 10.0 Å². The molecule has 0 bridgehead atoms. The summed E-state index contributed by atoms with van der Waals surface area (Å²) in [5.74, 6) is -0.296. The third-order valence-electron chi connectivity index (χ3n) is 2.32. The molecule has 0 unspecified atom stereocenters. The predicted molar refractivity (Wildman–Crippen MR) is 77.9 cm³/mol. The molecule has 0 saturated heterocycles. The molecule has 0 spiro atoms. The summed E-state index contributed by atoms with van der Waals surface area (Å²) >= 11 is 0. The first-order valence-corrected chi connectivity index (χ1v) is 7.21. The number of halogens is 1. The van der Waals surface area contributed by atoms with Gasteiger partial charge in [-0.2, -0.15) is 0 Å². The van der Waals surface area contributed by atoms with Gasteiger partial charge in [0.15, 0.2) is 0 Å². The number of nitrogen functional groups attached to an aromatic ring is 1. The molecular formula is C11H18ClN3O3S. The number of hydrogen-bond acceptors (Lipinski definition) is 4. The topological polar surface area (TPSA) is 101 Å². The van der Waals surface area contributed by atoms with Gasteiger partial charge in [-0.1, -0.05) is 12.1 Å². The monoisotopic (exact) mass is 307 g/mol. The first-order valence-electron chi connectivity index (χ1n) is 5.56. The number of carbonyl (C=O) groups excluding carboxylic acids is 1. The number of rotatable bonds is 6. The fourth-order valence-corrected chi connectivity index (χ4v) is 1.90. The van der Waals surface area contributed by atoms with Gasteiger partial charge in [0, 0.05) is 18.8 Å². The highest BCUT2D eigenvalue weighted by Gasteiger charge is 2.09. The predicted octanol–water partition coefficient (Wildman–Crippen LogP) is 0.360. The normalized spacial score (nSPS) is 10.6. The Morgan fingerprint density at radius 2 is 1.89 bits per heavy atom. The van der Waals surface area contributed by atoms with E-state index in [1.54, 1.807) is 31.2 Å². The van der Waals surface area contributed by atoms with Gasteiger partial charge in [-0.15, -0.1) is 12.4 Å². The summed E-state index contributed by atoms with van der Waals surface area (Å²) in [5, 5.41) is 2.59. The number of nitrogens with one attached hydrogen (secondary N) is 2. The second-order valence-corrected chi connectivity index (χ2v) is 5.74. The number of para-hydroxylation sites is 1. The van der Waals surface area contributed by atoms with Crippen LogP contribution in [-0.4, -0.2) is 33.2 Å². The molecule has 8 heteroatoms. The molecule has 19 heavy (non-hydrogen) atoms. The second-order valence-electron chi connectivity index (χ2n) is 3.64. The average Bonchev–Trinajstić information content (AvgIpc) is 2.35. The number of amides is 1. The molecule has 108 valence electrons. The van der Waals surface area contributed by atoms with Crippen LogP contribution in [0.25, 0.3) is 0 Å². The van der Waals surface area contributed by atoms with Crippen molar-refractivity contribution in [3.05, 3.63) is 29.8 Å². The van der Waals surface area contributed by atoms with Crippen LogP contribution in [0.4, 0.5) is 5.69 Å². The highest BCUT2D eigenvalue weighted by Crippen LogP contribution is 2.09. The Hall–Kier alpha value is -1.31. The van der Waals surface area contributed by atoms with Gasteiger partial charge < -0.3 is 11.1 Å². The molecule has 0 radical (unpaired) electrons. The van der Waals surface area contributed by atoms with Crippen LogP contribution >= 0.6 is 12.4 Å². The number of carbonyl (C=O) groups is 1. The molecular weight excluding hydrogens is 290 g/mol. The molecule has 0 aromatic heterocycles. The van der Waals surface area contributed by atoms with Crippen LogP contribution < -0.4 is 15.8 Å². The van der Waals surface area contributed by atoms with Gasteiger partial charge in [-0.05, 0) is 19.1 Å². The van der Waals surface area contributed by atoms with E-state index in [4.69, 9.17) is 5.73 Å². The van der Waals surface area contributed by atoms with Crippen LogP contribution in [0.2, 0.25) is 0 Å². The lowest BCUT2D eigenvalue weighted by Crippen LogP contribution is -2.35. The van der Waals surface area contributed by atoms with Crippen molar-refractivity contribution >= 4 is 34.0 Å². The smallest absolute Gasteiger partial charge is 0.253 e. The maximum absolute atomic E-state index is 11.7. The summed E-state index contributed by atoms with van der Waals surface area (Å²) in [7, 11) is -3.22. The number of nitrogens with two attached hydrogens (primary N) is 1. The van der Waals surface area contributed by atoms with Crippen LogP contribution in [0.15, 0.2) is 24.3 Å². The van der Waals surface area contributed by atoms with Crippen molar-refractivity contribution in [2.24, 2.45) is 0 Å². The summed E-state index contributed by atoms with van der Waals surface area (Å²) < 4.78 is 24.6. The minimum Gasteiger partial charge on any atom is -0.398 e. The molecule has 4 N–H and O–H groups in total. The zero-order chi connectivity index (χ0) is 13.6. The van der Waals surface area contributed by atoms with Crippen LogP contribution in [0.1, 0.15) is 17.3 Å². The van der Waals surface area contributed by atoms with Crippen molar-refractivity contribution in [1.29, 1.82) is 0 Å². The highest BCUT2D eigenvalue weighted by atomic mass is 35.5. The Kier molecular flexibility index (Phi) is 7.43. The fourth-order valence-electron chi connectivity index (χ4n) is 1.28. The molecule has 0 heterocycles. The Bertz CT molecular complexity index is 520. The average molecular weight is 308 g/mol. The van der Waals surface area contributed by atoms with E-state index in [0.29, 0.717) is 11.3 Å². The van der Waals surface area contributed by atoms with Crippen LogP contribution in [0.3, 0.4) is 0 Å². The van der Waals surface area contributed by atoms with Crippen molar-refractivity contribution < 1.29 is 13.2 Å². The van der Waals surface area contributed by atoms with Crippen LogP contribution in [-0.2, 0) is 10.0 Å². The lowest BCUT2D eigenvalue weighted by atomic mass is 10.2. The van der Waals surface area contributed by atoms with Gasteiger partial charge in [-0.25, -0.2) is 13.1 Å². The molecule has 1 rings (SSSR count). The molecule has 6 nitrogen and oxygen atoms in total. The first-order chi connectivity index (χ1) is 8.46. The maximum Gasteiger partial charge on any atom is 0.253 e. The number of anilines is 1. The Morgan fingerprint density at radius 1 is 1.26 bits per heavy atom. The molecule has 1 amide bonds. The van der Waals surface area contributed by atoms with Gasteiger partial charge in [-0.3, -0.25) is 4.79 Å². The molecule has 0 aliphatic rings. The summed E-state index contributed by atoms with van der Waals surface area (Å²) in [5.41, 5.74) is 6.42. The van der Waals surface area contributed by atoms with Crippen molar-refractivity contribution in [3.8, 4) is 0 Å². The molecule has 1 aromatic rings. The lowest BCUT2D eigenvalue weighted by Gasteiger charge is -2.08. The second kappa shape index (κ2) is 7.98. The molecule has 0 saturated carbocycles. The number of benzene rings is 1. The number of hydrogen-bond donors (Lipinski definition) is 3.